The van der Waals surface area contributed by atoms with Gasteiger partial charge in [-0.2, -0.15) is 11.8 Å². The molecule has 0 atom stereocenters. The summed E-state index contributed by atoms with van der Waals surface area (Å²) in [5.41, 5.74) is 2.04. The molecule has 1 aliphatic heterocycles. The van der Waals surface area contributed by atoms with Crippen LogP contribution < -0.4 is 0 Å². The van der Waals surface area contributed by atoms with Crippen molar-refractivity contribution in [3.05, 3.63) is 35.8 Å². The van der Waals surface area contributed by atoms with Crippen molar-refractivity contribution in [3.63, 3.8) is 0 Å². The summed E-state index contributed by atoms with van der Waals surface area (Å²) in [5, 5.41) is 2.11. The molecular weight excluding hydrogens is 286 g/mol. The third-order valence-electron chi connectivity index (χ3n) is 3.75. The van der Waals surface area contributed by atoms with Gasteiger partial charge in [0.1, 0.15) is 5.52 Å². The molecule has 3 nitrogen and oxygen atoms in total. The number of hydrogen-bond acceptors (Lipinski definition) is 4. The Labute approximate surface area is 126 Å². The number of pyridine rings is 1. The minimum Gasteiger partial charge on any atom is -0.305 e. The summed E-state index contributed by atoms with van der Waals surface area (Å²) in [6.45, 7) is 0. The van der Waals surface area contributed by atoms with Gasteiger partial charge in [-0.05, 0) is 47.9 Å². The molecule has 5 heteroatoms. The van der Waals surface area contributed by atoms with E-state index < -0.39 is 0 Å². The quantitative estimate of drug-likeness (QED) is 0.710. The molecule has 0 spiro atoms. The van der Waals surface area contributed by atoms with Crippen LogP contribution in [0.25, 0.3) is 21.9 Å². The molecular formula is C15H15N3S2. The van der Waals surface area contributed by atoms with Gasteiger partial charge >= 0.3 is 0 Å². The van der Waals surface area contributed by atoms with Crippen LogP contribution in [0.15, 0.2) is 35.8 Å². The number of thioether (sulfide) groups is 1. The summed E-state index contributed by atoms with van der Waals surface area (Å²) < 4.78 is 2.38. The van der Waals surface area contributed by atoms with Gasteiger partial charge in [-0.25, -0.2) is 9.97 Å². The minimum atomic E-state index is 0.535. The van der Waals surface area contributed by atoms with Crippen molar-refractivity contribution in [2.45, 2.75) is 18.9 Å². The lowest BCUT2D eigenvalue weighted by Crippen LogP contribution is -2.16. The lowest BCUT2D eigenvalue weighted by molar-refractivity contribution is 0.483. The van der Waals surface area contributed by atoms with Gasteiger partial charge in [0.2, 0.25) is 0 Å². The molecule has 20 heavy (non-hydrogen) atoms. The van der Waals surface area contributed by atoms with Gasteiger partial charge in [0.15, 0.2) is 11.5 Å². The SMILES string of the molecule is c1csc(-c2nc3cccnc3n2C2CCSCC2)c1. The second-order valence-electron chi connectivity index (χ2n) is 4.97. The van der Waals surface area contributed by atoms with Crippen LogP contribution in [-0.2, 0) is 0 Å². The molecule has 0 aromatic carbocycles. The fourth-order valence-electron chi connectivity index (χ4n) is 2.80. The van der Waals surface area contributed by atoms with Gasteiger partial charge in [0, 0.05) is 12.2 Å². The molecule has 0 aliphatic carbocycles. The van der Waals surface area contributed by atoms with E-state index >= 15 is 0 Å². The fourth-order valence-corrected chi connectivity index (χ4v) is 4.59. The van der Waals surface area contributed by atoms with Gasteiger partial charge in [0.05, 0.1) is 4.88 Å². The van der Waals surface area contributed by atoms with Gasteiger partial charge in [-0.3, -0.25) is 0 Å². The molecule has 0 radical (unpaired) electrons. The van der Waals surface area contributed by atoms with Crippen LogP contribution in [0, 0.1) is 0 Å². The molecule has 3 aromatic rings. The van der Waals surface area contributed by atoms with Crippen LogP contribution in [0.5, 0.6) is 0 Å². The number of nitrogens with zero attached hydrogens (tertiary/aromatic N) is 3. The predicted octanol–water partition coefficient (Wildman–Crippen LogP) is 4.23. The van der Waals surface area contributed by atoms with Gasteiger partial charge in [-0.15, -0.1) is 11.3 Å². The van der Waals surface area contributed by atoms with Crippen LogP contribution >= 0.6 is 23.1 Å². The van der Waals surface area contributed by atoms with Crippen LogP contribution in [0.2, 0.25) is 0 Å². The van der Waals surface area contributed by atoms with Gasteiger partial charge in [0.25, 0.3) is 0 Å². The Morgan fingerprint density at radius 3 is 2.85 bits per heavy atom. The largest absolute Gasteiger partial charge is 0.305 e. The summed E-state index contributed by atoms with van der Waals surface area (Å²) >= 11 is 3.81. The first-order valence-electron chi connectivity index (χ1n) is 6.88. The average molecular weight is 301 g/mol. The zero-order chi connectivity index (χ0) is 13.4. The summed E-state index contributed by atoms with van der Waals surface area (Å²) in [6, 6.07) is 8.81. The second-order valence-corrected chi connectivity index (χ2v) is 7.14. The summed E-state index contributed by atoms with van der Waals surface area (Å²) in [6.07, 6.45) is 4.30. The first-order valence-corrected chi connectivity index (χ1v) is 8.91. The molecule has 0 N–H and O–H groups in total. The Morgan fingerprint density at radius 1 is 1.15 bits per heavy atom. The molecule has 1 fully saturated rings. The number of imidazole rings is 1. The van der Waals surface area contributed by atoms with Crippen molar-refractivity contribution >= 4 is 34.3 Å². The van der Waals surface area contributed by atoms with E-state index in [9.17, 15) is 0 Å². The van der Waals surface area contributed by atoms with Crippen LogP contribution in [0.3, 0.4) is 0 Å². The van der Waals surface area contributed by atoms with E-state index in [2.05, 4.69) is 44.9 Å². The Bertz CT molecular complexity index is 712. The highest BCUT2D eigenvalue weighted by Crippen LogP contribution is 2.35. The number of hydrogen-bond donors (Lipinski definition) is 0. The molecule has 3 aromatic heterocycles. The highest BCUT2D eigenvalue weighted by molar-refractivity contribution is 7.99. The Kier molecular flexibility index (Phi) is 3.24. The molecule has 0 bridgehead atoms. The first kappa shape index (κ1) is 12.4. The first-order chi connectivity index (χ1) is 9.93. The van der Waals surface area contributed by atoms with E-state index in [0.717, 1.165) is 17.0 Å². The number of rotatable bonds is 2. The average Bonchev–Trinajstić information content (AvgIpc) is 3.15. The maximum atomic E-state index is 4.83. The van der Waals surface area contributed by atoms with E-state index in [-0.39, 0.29) is 0 Å². The van der Waals surface area contributed by atoms with E-state index in [0.29, 0.717) is 6.04 Å². The topological polar surface area (TPSA) is 30.7 Å². The molecule has 102 valence electrons. The van der Waals surface area contributed by atoms with E-state index in [4.69, 9.17) is 4.98 Å². The highest BCUT2D eigenvalue weighted by atomic mass is 32.2. The van der Waals surface area contributed by atoms with Crippen molar-refractivity contribution in [2.75, 3.05) is 11.5 Å². The fraction of sp³-hybridized carbons (Fsp3) is 0.333. The van der Waals surface area contributed by atoms with Crippen LogP contribution in [0.4, 0.5) is 0 Å². The number of thiophene rings is 1. The highest BCUT2D eigenvalue weighted by Gasteiger charge is 2.23. The van der Waals surface area contributed by atoms with Crippen molar-refractivity contribution in [1.82, 2.24) is 14.5 Å². The van der Waals surface area contributed by atoms with Crippen molar-refractivity contribution in [3.8, 4) is 10.7 Å². The second kappa shape index (κ2) is 5.22. The Hall–Kier alpha value is -1.33. The summed E-state index contributed by atoms with van der Waals surface area (Å²) in [7, 11) is 0. The summed E-state index contributed by atoms with van der Waals surface area (Å²) in [4.78, 5) is 10.7. The molecule has 1 aliphatic rings. The predicted molar refractivity (Wildman–Crippen MR) is 86.4 cm³/mol. The number of aromatic nitrogens is 3. The Balaban J connectivity index is 1.93. The lowest BCUT2D eigenvalue weighted by Gasteiger charge is -2.24. The van der Waals surface area contributed by atoms with E-state index in [1.165, 1.54) is 29.2 Å². The van der Waals surface area contributed by atoms with Crippen molar-refractivity contribution < 1.29 is 0 Å². The van der Waals surface area contributed by atoms with Crippen LogP contribution in [-0.4, -0.2) is 26.0 Å². The van der Waals surface area contributed by atoms with Crippen molar-refractivity contribution in [2.24, 2.45) is 0 Å². The lowest BCUT2D eigenvalue weighted by atomic mass is 10.1. The Morgan fingerprint density at radius 2 is 2.05 bits per heavy atom. The minimum absolute atomic E-state index is 0.535. The number of fused-ring (bicyclic) bond motifs is 1. The third-order valence-corrected chi connectivity index (χ3v) is 5.66. The summed E-state index contributed by atoms with van der Waals surface area (Å²) in [5.74, 6) is 3.56. The smallest absolute Gasteiger partial charge is 0.160 e. The van der Waals surface area contributed by atoms with Gasteiger partial charge in [-0.1, -0.05) is 6.07 Å². The molecule has 0 saturated carbocycles. The third kappa shape index (κ3) is 2.05. The van der Waals surface area contributed by atoms with Gasteiger partial charge < -0.3 is 4.57 Å². The molecule has 0 unspecified atom stereocenters. The molecule has 0 amide bonds. The zero-order valence-electron chi connectivity index (χ0n) is 11.0. The normalized spacial score (nSPS) is 16.8. The van der Waals surface area contributed by atoms with Crippen LogP contribution in [0.1, 0.15) is 18.9 Å². The zero-order valence-corrected chi connectivity index (χ0v) is 12.7. The van der Waals surface area contributed by atoms with E-state index in [1.54, 1.807) is 11.3 Å². The monoisotopic (exact) mass is 301 g/mol. The molecule has 4 heterocycles. The maximum absolute atomic E-state index is 4.83. The van der Waals surface area contributed by atoms with E-state index in [1.807, 2.05) is 12.3 Å². The molecule has 1 saturated heterocycles. The molecule has 4 rings (SSSR count). The van der Waals surface area contributed by atoms with Crippen molar-refractivity contribution in [1.29, 1.82) is 0 Å². The maximum Gasteiger partial charge on any atom is 0.160 e. The standard InChI is InChI=1S/C15H15N3S2/c1-3-12-14(16-7-1)18(11-5-9-19-10-6-11)15(17-12)13-4-2-8-20-13/h1-4,7-8,11H,5-6,9-10H2.